The Labute approximate surface area is 145 Å². The van der Waals surface area contributed by atoms with Crippen LogP contribution in [-0.4, -0.2) is 30.1 Å². The molecule has 1 saturated heterocycles. The molecule has 0 unspecified atom stereocenters. The van der Waals surface area contributed by atoms with Crippen LogP contribution in [0, 0.1) is 6.92 Å². The first-order chi connectivity index (χ1) is 12.1. The fraction of sp³-hybridized carbons (Fsp3) is 0.158. The van der Waals surface area contributed by atoms with E-state index in [0.717, 1.165) is 11.1 Å². The lowest BCUT2D eigenvalue weighted by Crippen LogP contribution is -2.35. The van der Waals surface area contributed by atoms with E-state index in [1.807, 2.05) is 19.1 Å². The summed E-state index contributed by atoms with van der Waals surface area (Å²) in [7, 11) is 0. The number of para-hydroxylation sites is 1. The van der Waals surface area contributed by atoms with Crippen molar-refractivity contribution in [3.8, 4) is 5.75 Å². The third-order valence-corrected chi connectivity index (χ3v) is 3.76. The fourth-order valence-electron chi connectivity index (χ4n) is 2.56. The normalized spacial score (nSPS) is 15.6. The zero-order valence-electron chi connectivity index (χ0n) is 13.7. The van der Waals surface area contributed by atoms with Crippen LogP contribution in [0.25, 0.3) is 6.08 Å². The van der Waals surface area contributed by atoms with Crippen molar-refractivity contribution in [2.45, 2.75) is 6.92 Å². The largest absolute Gasteiger partial charge is 0.491 e. The highest BCUT2D eigenvalue weighted by Gasteiger charge is 2.34. The molecule has 0 radical (unpaired) electrons. The Balaban J connectivity index is 1.85. The summed E-state index contributed by atoms with van der Waals surface area (Å²) in [5.74, 6) is -0.175. The minimum Gasteiger partial charge on any atom is -0.491 e. The number of amides is 2. The van der Waals surface area contributed by atoms with Gasteiger partial charge in [0, 0.05) is 0 Å². The average Bonchev–Trinajstić information content (AvgIpc) is 2.90. The molecule has 1 heterocycles. The molecule has 6 heteroatoms. The molecule has 128 valence electrons. The molecule has 0 aliphatic carbocycles. The molecule has 0 aromatic heterocycles. The summed E-state index contributed by atoms with van der Waals surface area (Å²) in [5, 5.41) is 10.1. The summed E-state index contributed by atoms with van der Waals surface area (Å²) in [6.45, 7) is 2.02. The van der Waals surface area contributed by atoms with Crippen LogP contribution in [0.1, 0.15) is 11.1 Å². The van der Waals surface area contributed by atoms with Gasteiger partial charge in [-0.15, -0.1) is 0 Å². The summed E-state index contributed by atoms with van der Waals surface area (Å²) >= 11 is 0. The van der Waals surface area contributed by atoms with E-state index in [1.165, 1.54) is 5.01 Å². The van der Waals surface area contributed by atoms with Gasteiger partial charge in [0.05, 0.1) is 12.3 Å². The van der Waals surface area contributed by atoms with E-state index in [1.54, 1.807) is 42.5 Å². The standard InChI is InChI=1S/C19H18N2O4/c1-13-11-14(7-8-17(13)25-10-9-22)12-16-18(23)20-21(19(16)24)15-5-3-2-4-6-15/h2-8,11-12,22H,9-10H2,1H3,(H,20,23)/b16-12-. The van der Waals surface area contributed by atoms with Crippen LogP contribution in [-0.2, 0) is 9.59 Å². The summed E-state index contributed by atoms with van der Waals surface area (Å²) < 4.78 is 5.40. The number of benzene rings is 2. The smallest absolute Gasteiger partial charge is 0.282 e. The number of carbonyl (C=O) groups is 2. The minimum atomic E-state index is -0.438. The zero-order valence-corrected chi connectivity index (χ0v) is 13.7. The van der Waals surface area contributed by atoms with E-state index in [4.69, 9.17) is 9.84 Å². The van der Waals surface area contributed by atoms with Crippen LogP contribution < -0.4 is 15.2 Å². The molecule has 1 fully saturated rings. The Hall–Kier alpha value is -3.12. The van der Waals surface area contributed by atoms with Crippen molar-refractivity contribution in [1.82, 2.24) is 5.43 Å². The second-order valence-electron chi connectivity index (χ2n) is 5.57. The van der Waals surface area contributed by atoms with Crippen LogP contribution >= 0.6 is 0 Å². The maximum atomic E-state index is 12.5. The molecule has 0 saturated carbocycles. The quantitative estimate of drug-likeness (QED) is 0.644. The van der Waals surface area contributed by atoms with Crippen LogP contribution in [0.15, 0.2) is 54.1 Å². The molecule has 0 atom stereocenters. The van der Waals surface area contributed by atoms with Crippen molar-refractivity contribution >= 4 is 23.6 Å². The van der Waals surface area contributed by atoms with Gasteiger partial charge in [-0.1, -0.05) is 24.3 Å². The van der Waals surface area contributed by atoms with Crippen molar-refractivity contribution in [2.75, 3.05) is 18.2 Å². The van der Waals surface area contributed by atoms with Gasteiger partial charge >= 0.3 is 0 Å². The van der Waals surface area contributed by atoms with Crippen LogP contribution in [0.3, 0.4) is 0 Å². The lowest BCUT2D eigenvalue weighted by atomic mass is 10.1. The number of anilines is 1. The SMILES string of the molecule is Cc1cc(/C=C2/C(=O)NN(c3ccccc3)C2=O)ccc1OCCO. The predicted molar refractivity (Wildman–Crippen MR) is 93.8 cm³/mol. The molecule has 0 spiro atoms. The molecule has 3 rings (SSSR count). The molecule has 2 aromatic rings. The number of hydrogen-bond acceptors (Lipinski definition) is 4. The van der Waals surface area contributed by atoms with Gasteiger partial charge in [-0.05, 0) is 48.4 Å². The molecule has 1 aliphatic rings. The van der Waals surface area contributed by atoms with Crippen molar-refractivity contribution in [2.24, 2.45) is 0 Å². The van der Waals surface area contributed by atoms with E-state index >= 15 is 0 Å². The average molecular weight is 338 g/mol. The molecular weight excluding hydrogens is 320 g/mol. The zero-order chi connectivity index (χ0) is 17.8. The first-order valence-electron chi connectivity index (χ1n) is 7.86. The van der Waals surface area contributed by atoms with Gasteiger partial charge in [-0.2, -0.15) is 0 Å². The molecule has 2 aromatic carbocycles. The lowest BCUT2D eigenvalue weighted by Gasteiger charge is -2.13. The maximum absolute atomic E-state index is 12.5. The number of hydrogen-bond donors (Lipinski definition) is 2. The molecular formula is C19H18N2O4. The van der Waals surface area contributed by atoms with E-state index < -0.39 is 11.8 Å². The third-order valence-electron chi connectivity index (χ3n) is 3.76. The summed E-state index contributed by atoms with van der Waals surface area (Å²) in [6.07, 6.45) is 1.56. The number of aliphatic hydroxyl groups excluding tert-OH is 1. The first kappa shape index (κ1) is 16.7. The van der Waals surface area contributed by atoms with Gasteiger partial charge in [0.25, 0.3) is 11.8 Å². The predicted octanol–water partition coefficient (Wildman–Crippen LogP) is 1.83. The number of rotatable bonds is 5. The lowest BCUT2D eigenvalue weighted by molar-refractivity contribution is -0.117. The summed E-state index contributed by atoms with van der Waals surface area (Å²) in [6, 6.07) is 14.3. The highest BCUT2D eigenvalue weighted by Crippen LogP contribution is 2.24. The number of nitrogens with zero attached hydrogens (tertiary/aromatic N) is 1. The third kappa shape index (κ3) is 3.54. The van der Waals surface area contributed by atoms with Crippen molar-refractivity contribution < 1.29 is 19.4 Å². The van der Waals surface area contributed by atoms with E-state index in [2.05, 4.69) is 5.43 Å². The molecule has 2 amide bonds. The van der Waals surface area contributed by atoms with Gasteiger partial charge in [0.1, 0.15) is 17.9 Å². The number of aliphatic hydroxyl groups is 1. The summed E-state index contributed by atoms with van der Waals surface area (Å²) in [4.78, 5) is 24.7. The van der Waals surface area contributed by atoms with Crippen LogP contribution in [0.4, 0.5) is 5.69 Å². The van der Waals surface area contributed by atoms with Gasteiger partial charge in [0.2, 0.25) is 0 Å². The molecule has 2 N–H and O–H groups in total. The Morgan fingerprint density at radius 1 is 1.16 bits per heavy atom. The number of carbonyl (C=O) groups excluding carboxylic acids is 2. The monoisotopic (exact) mass is 338 g/mol. The van der Waals surface area contributed by atoms with Crippen LogP contribution in [0.5, 0.6) is 5.75 Å². The minimum absolute atomic E-state index is 0.0603. The highest BCUT2D eigenvalue weighted by molar-refractivity contribution is 6.31. The molecule has 25 heavy (non-hydrogen) atoms. The fourth-order valence-corrected chi connectivity index (χ4v) is 2.56. The molecule has 0 bridgehead atoms. The van der Waals surface area contributed by atoms with Gasteiger partial charge in [-0.25, -0.2) is 5.01 Å². The second kappa shape index (κ2) is 7.19. The summed E-state index contributed by atoms with van der Waals surface area (Å²) in [5.41, 5.74) is 4.83. The number of nitrogens with one attached hydrogen (secondary N) is 1. The van der Waals surface area contributed by atoms with Gasteiger partial charge in [0.15, 0.2) is 0 Å². The van der Waals surface area contributed by atoms with Crippen molar-refractivity contribution in [3.63, 3.8) is 0 Å². The van der Waals surface area contributed by atoms with E-state index in [-0.39, 0.29) is 18.8 Å². The Morgan fingerprint density at radius 3 is 2.60 bits per heavy atom. The number of aryl methyl sites for hydroxylation is 1. The van der Waals surface area contributed by atoms with Crippen molar-refractivity contribution in [3.05, 3.63) is 65.2 Å². The maximum Gasteiger partial charge on any atom is 0.282 e. The molecule has 1 aliphatic heterocycles. The Morgan fingerprint density at radius 2 is 1.92 bits per heavy atom. The van der Waals surface area contributed by atoms with E-state index in [0.29, 0.717) is 11.4 Å². The van der Waals surface area contributed by atoms with Gasteiger partial charge in [-0.3, -0.25) is 15.0 Å². The highest BCUT2D eigenvalue weighted by atomic mass is 16.5. The second-order valence-corrected chi connectivity index (χ2v) is 5.57. The van der Waals surface area contributed by atoms with Crippen molar-refractivity contribution in [1.29, 1.82) is 0 Å². The Bertz CT molecular complexity index is 831. The first-order valence-corrected chi connectivity index (χ1v) is 7.86. The van der Waals surface area contributed by atoms with E-state index in [9.17, 15) is 9.59 Å². The van der Waals surface area contributed by atoms with Crippen LogP contribution in [0.2, 0.25) is 0 Å². The number of hydrazine groups is 1. The Kier molecular flexibility index (Phi) is 4.81. The topological polar surface area (TPSA) is 78.9 Å². The number of ether oxygens (including phenoxy) is 1. The van der Waals surface area contributed by atoms with Gasteiger partial charge < -0.3 is 9.84 Å². The molecule has 6 nitrogen and oxygen atoms in total.